The van der Waals surface area contributed by atoms with E-state index < -0.39 is 16.0 Å². The number of sulfonamides is 1. The van der Waals surface area contributed by atoms with E-state index in [0.717, 1.165) is 5.69 Å². The second kappa shape index (κ2) is 7.24. The van der Waals surface area contributed by atoms with E-state index in [-0.39, 0.29) is 10.5 Å². The number of nitrogens with one attached hydrogen (secondary N) is 1. The van der Waals surface area contributed by atoms with E-state index in [2.05, 4.69) is 14.6 Å². The first kappa shape index (κ1) is 18.7. The van der Waals surface area contributed by atoms with Gasteiger partial charge in [-0.15, -0.1) is 0 Å². The van der Waals surface area contributed by atoms with E-state index in [1.165, 1.54) is 31.4 Å². The van der Waals surface area contributed by atoms with Gasteiger partial charge in [0.15, 0.2) is 0 Å². The van der Waals surface area contributed by atoms with Crippen molar-refractivity contribution in [3.8, 4) is 5.69 Å². The summed E-state index contributed by atoms with van der Waals surface area (Å²) in [5.74, 6) is -0.525. The number of carbonyl (C=O) groups excluding carboxylic acids is 1. The Labute approximate surface area is 157 Å². The number of hydrogen-bond acceptors (Lipinski definition) is 5. The predicted molar refractivity (Wildman–Crippen MR) is 102 cm³/mol. The zero-order valence-electron chi connectivity index (χ0n) is 15.1. The van der Waals surface area contributed by atoms with E-state index in [9.17, 15) is 13.2 Å². The summed E-state index contributed by atoms with van der Waals surface area (Å²) >= 11 is 0. The fourth-order valence-corrected chi connectivity index (χ4v) is 3.87. The van der Waals surface area contributed by atoms with Gasteiger partial charge in [-0.3, -0.25) is 4.72 Å². The molecule has 2 aromatic carbocycles. The van der Waals surface area contributed by atoms with E-state index in [0.29, 0.717) is 17.1 Å². The second-order valence-corrected chi connectivity index (χ2v) is 7.60. The zero-order chi connectivity index (χ0) is 19.6. The smallest absolute Gasteiger partial charge is 0.337 e. The molecule has 0 saturated carbocycles. The molecule has 1 N–H and O–H groups in total. The van der Waals surface area contributed by atoms with Crippen LogP contribution < -0.4 is 4.72 Å². The van der Waals surface area contributed by atoms with E-state index in [4.69, 9.17) is 0 Å². The van der Waals surface area contributed by atoms with Crippen molar-refractivity contribution in [1.82, 2.24) is 9.78 Å². The molecule has 1 heterocycles. The fourth-order valence-electron chi connectivity index (χ4n) is 2.69. The van der Waals surface area contributed by atoms with Crippen molar-refractivity contribution in [2.24, 2.45) is 0 Å². The summed E-state index contributed by atoms with van der Waals surface area (Å²) in [6.07, 6.45) is 0. The summed E-state index contributed by atoms with van der Waals surface area (Å²) in [7, 11) is -2.56. The molecule has 8 heteroatoms. The van der Waals surface area contributed by atoms with Crippen LogP contribution in [0.1, 0.15) is 21.7 Å². The lowest BCUT2D eigenvalue weighted by Gasteiger charge is -2.09. The number of rotatable bonds is 5. The van der Waals surface area contributed by atoms with Gasteiger partial charge in [-0.25, -0.2) is 17.9 Å². The summed E-state index contributed by atoms with van der Waals surface area (Å²) in [6.45, 7) is 3.54. The van der Waals surface area contributed by atoms with Crippen molar-refractivity contribution in [2.75, 3.05) is 11.8 Å². The van der Waals surface area contributed by atoms with Crippen LogP contribution in [-0.2, 0) is 14.8 Å². The number of nitrogens with zero attached hydrogens (tertiary/aromatic N) is 2. The van der Waals surface area contributed by atoms with Crippen molar-refractivity contribution in [1.29, 1.82) is 0 Å². The Morgan fingerprint density at radius 1 is 1.04 bits per heavy atom. The van der Waals surface area contributed by atoms with E-state index in [1.54, 1.807) is 18.5 Å². The van der Waals surface area contributed by atoms with Gasteiger partial charge in [0, 0.05) is 0 Å². The van der Waals surface area contributed by atoms with Gasteiger partial charge in [0.25, 0.3) is 10.0 Å². The molecule has 1 aromatic heterocycles. The van der Waals surface area contributed by atoms with Crippen LogP contribution in [0, 0.1) is 13.8 Å². The van der Waals surface area contributed by atoms with Crippen molar-refractivity contribution in [2.45, 2.75) is 18.7 Å². The van der Waals surface area contributed by atoms with Crippen molar-refractivity contribution in [3.05, 3.63) is 71.5 Å². The SMILES string of the molecule is COC(=O)c1ccc(S(=O)(=O)Nc2c(C)nn(-c3ccccc3)c2C)cc1. The van der Waals surface area contributed by atoms with E-state index >= 15 is 0 Å². The summed E-state index contributed by atoms with van der Waals surface area (Å²) in [5, 5.41) is 4.44. The molecule has 0 aliphatic carbocycles. The van der Waals surface area contributed by atoms with Crippen molar-refractivity contribution in [3.63, 3.8) is 0 Å². The lowest BCUT2D eigenvalue weighted by atomic mass is 10.2. The lowest BCUT2D eigenvalue weighted by Crippen LogP contribution is -2.14. The monoisotopic (exact) mass is 385 g/mol. The van der Waals surface area contributed by atoms with Gasteiger partial charge in [0.2, 0.25) is 0 Å². The molecule has 0 amide bonds. The van der Waals surface area contributed by atoms with Crippen LogP contribution in [0.2, 0.25) is 0 Å². The first-order valence-electron chi connectivity index (χ1n) is 8.16. The predicted octanol–water partition coefficient (Wildman–Crippen LogP) is 3.08. The average molecular weight is 385 g/mol. The van der Waals surface area contributed by atoms with E-state index in [1.807, 2.05) is 30.3 Å². The molecule has 0 aliphatic rings. The maximum atomic E-state index is 12.7. The Balaban J connectivity index is 1.92. The molecule has 3 aromatic rings. The fraction of sp³-hybridized carbons (Fsp3) is 0.158. The van der Waals surface area contributed by atoms with Gasteiger partial charge < -0.3 is 4.74 Å². The number of benzene rings is 2. The molecule has 27 heavy (non-hydrogen) atoms. The lowest BCUT2D eigenvalue weighted by molar-refractivity contribution is 0.0600. The average Bonchev–Trinajstić information content (AvgIpc) is 2.96. The first-order chi connectivity index (χ1) is 12.8. The van der Waals surface area contributed by atoms with Crippen LogP contribution >= 0.6 is 0 Å². The highest BCUT2D eigenvalue weighted by atomic mass is 32.2. The van der Waals surface area contributed by atoms with Crippen LogP contribution in [0.3, 0.4) is 0 Å². The molecular formula is C19H19N3O4S. The second-order valence-electron chi connectivity index (χ2n) is 5.91. The normalized spacial score (nSPS) is 11.2. The summed E-state index contributed by atoms with van der Waals surface area (Å²) in [4.78, 5) is 11.5. The zero-order valence-corrected chi connectivity index (χ0v) is 15.9. The van der Waals surface area contributed by atoms with Crippen molar-refractivity contribution < 1.29 is 17.9 Å². The molecular weight excluding hydrogens is 366 g/mol. The Morgan fingerprint density at radius 3 is 2.26 bits per heavy atom. The minimum Gasteiger partial charge on any atom is -0.465 e. The first-order valence-corrected chi connectivity index (χ1v) is 9.64. The molecule has 0 aliphatic heterocycles. The minimum atomic E-state index is -3.83. The Bertz CT molecular complexity index is 1070. The third kappa shape index (κ3) is 3.70. The van der Waals surface area contributed by atoms with Gasteiger partial charge >= 0.3 is 5.97 Å². The summed E-state index contributed by atoms with van der Waals surface area (Å²) < 4.78 is 34.4. The maximum Gasteiger partial charge on any atom is 0.337 e. The molecule has 0 radical (unpaired) electrons. The van der Waals surface area contributed by atoms with Gasteiger partial charge in [-0.2, -0.15) is 5.10 Å². The molecule has 0 fully saturated rings. The van der Waals surface area contributed by atoms with Crippen LogP contribution in [-0.4, -0.2) is 31.3 Å². The number of esters is 1. The largest absolute Gasteiger partial charge is 0.465 e. The Kier molecular flexibility index (Phi) is 5.00. The number of para-hydroxylation sites is 1. The van der Waals surface area contributed by atoms with Crippen LogP contribution in [0.4, 0.5) is 5.69 Å². The van der Waals surface area contributed by atoms with Gasteiger partial charge in [0.1, 0.15) is 0 Å². The maximum absolute atomic E-state index is 12.7. The van der Waals surface area contributed by atoms with Crippen molar-refractivity contribution >= 4 is 21.7 Å². The highest BCUT2D eigenvalue weighted by molar-refractivity contribution is 7.92. The number of anilines is 1. The quantitative estimate of drug-likeness (QED) is 0.682. The topological polar surface area (TPSA) is 90.3 Å². The molecule has 3 rings (SSSR count). The summed E-state index contributed by atoms with van der Waals surface area (Å²) in [5.41, 5.74) is 2.78. The number of aromatic nitrogens is 2. The number of methoxy groups -OCH3 is 1. The van der Waals surface area contributed by atoms with Gasteiger partial charge in [0.05, 0.1) is 40.3 Å². The van der Waals surface area contributed by atoms with Gasteiger partial charge in [-0.05, 0) is 50.2 Å². The number of ether oxygens (including phenoxy) is 1. The molecule has 7 nitrogen and oxygen atoms in total. The number of hydrogen-bond donors (Lipinski definition) is 1. The highest BCUT2D eigenvalue weighted by Crippen LogP contribution is 2.25. The highest BCUT2D eigenvalue weighted by Gasteiger charge is 2.21. The molecule has 0 bridgehead atoms. The summed E-state index contributed by atoms with van der Waals surface area (Å²) in [6, 6.07) is 15.0. The van der Waals surface area contributed by atoms with Crippen LogP contribution in [0.25, 0.3) is 5.69 Å². The molecule has 0 atom stereocenters. The third-order valence-corrected chi connectivity index (χ3v) is 5.48. The Hall–Kier alpha value is -3.13. The molecule has 0 spiro atoms. The van der Waals surface area contributed by atoms with Crippen LogP contribution in [0.15, 0.2) is 59.5 Å². The molecule has 0 unspecified atom stereocenters. The Morgan fingerprint density at radius 2 is 1.67 bits per heavy atom. The third-order valence-electron chi connectivity index (χ3n) is 4.11. The molecule has 140 valence electrons. The number of aryl methyl sites for hydroxylation is 1. The number of carbonyl (C=O) groups is 1. The van der Waals surface area contributed by atoms with Crippen LogP contribution in [0.5, 0.6) is 0 Å². The van der Waals surface area contributed by atoms with Gasteiger partial charge in [-0.1, -0.05) is 18.2 Å². The molecule has 0 saturated heterocycles. The minimum absolute atomic E-state index is 0.0430. The standard InChI is InChI=1S/C19H19N3O4S/c1-13-18(14(2)22(20-13)16-7-5-4-6-8-16)21-27(24,25)17-11-9-15(10-12-17)19(23)26-3/h4-12,21H,1-3H3.